The standard InChI is InChI=1S/C23H25I2NO3.ClH/c1-4-5-9-20-21(16-8-6-7-10-19(16)29-20)22(27)15-13-17(24)23(18(25)14-15)28-12-11-26(2)3;/h6-8,10,13-14H,4-5,9,11-12H2,1-3H3;1H/p-1. The second-order valence-corrected chi connectivity index (χ2v) is 9.57. The molecule has 162 valence electrons. The molecule has 1 aromatic heterocycles. The van der Waals surface area contributed by atoms with E-state index in [0.717, 1.165) is 55.4 Å². The van der Waals surface area contributed by atoms with Gasteiger partial charge in [0.1, 0.15) is 23.7 Å². The van der Waals surface area contributed by atoms with E-state index in [2.05, 4.69) is 57.0 Å². The number of aryl methyl sites for hydroxylation is 1. The maximum Gasteiger partial charge on any atom is 0.197 e. The number of hydrogen-bond donors (Lipinski definition) is 0. The van der Waals surface area contributed by atoms with Crippen LogP contribution in [0.25, 0.3) is 11.0 Å². The highest BCUT2D eigenvalue weighted by atomic mass is 127. The van der Waals surface area contributed by atoms with Crippen molar-refractivity contribution < 1.29 is 26.4 Å². The van der Waals surface area contributed by atoms with Gasteiger partial charge in [-0.25, -0.2) is 0 Å². The van der Waals surface area contributed by atoms with Crippen LogP contribution >= 0.6 is 45.2 Å². The van der Waals surface area contributed by atoms with Gasteiger partial charge in [0.2, 0.25) is 0 Å². The molecule has 0 unspecified atom stereocenters. The Hall–Kier alpha value is -0.840. The molecule has 0 N–H and O–H groups in total. The Kier molecular flexibility index (Phi) is 9.90. The van der Waals surface area contributed by atoms with Crippen LogP contribution in [-0.2, 0) is 6.42 Å². The highest BCUT2D eigenvalue weighted by Crippen LogP contribution is 2.33. The summed E-state index contributed by atoms with van der Waals surface area (Å²) in [6, 6.07) is 11.6. The Morgan fingerprint density at radius 2 is 1.80 bits per heavy atom. The van der Waals surface area contributed by atoms with Crippen LogP contribution in [0.15, 0.2) is 40.8 Å². The van der Waals surface area contributed by atoms with Gasteiger partial charge in [0.25, 0.3) is 0 Å². The largest absolute Gasteiger partial charge is 1.00 e. The van der Waals surface area contributed by atoms with Crippen molar-refractivity contribution in [2.24, 2.45) is 0 Å². The SMILES string of the molecule is CCCCc1oc2ccccc2c1C(=O)c1cc(I)c(OCCN(C)C)c(I)c1.[Cl-]. The predicted molar refractivity (Wildman–Crippen MR) is 134 cm³/mol. The molecule has 0 fully saturated rings. The molecule has 2 aromatic carbocycles. The van der Waals surface area contributed by atoms with Crippen molar-refractivity contribution in [3.05, 3.63) is 60.4 Å². The number of para-hydroxylation sites is 1. The molecule has 0 aliphatic carbocycles. The van der Waals surface area contributed by atoms with E-state index in [9.17, 15) is 4.79 Å². The molecule has 0 radical (unpaired) electrons. The van der Waals surface area contributed by atoms with Crippen LogP contribution in [0.3, 0.4) is 0 Å². The Morgan fingerprint density at radius 1 is 1.13 bits per heavy atom. The summed E-state index contributed by atoms with van der Waals surface area (Å²) in [4.78, 5) is 15.6. The lowest BCUT2D eigenvalue weighted by atomic mass is 9.98. The maximum atomic E-state index is 13.5. The lowest BCUT2D eigenvalue weighted by Crippen LogP contribution is -3.00. The molecule has 0 atom stereocenters. The molecule has 0 bridgehead atoms. The summed E-state index contributed by atoms with van der Waals surface area (Å²) >= 11 is 4.50. The average Bonchev–Trinajstić information content (AvgIpc) is 3.05. The van der Waals surface area contributed by atoms with Gasteiger partial charge in [-0.2, -0.15) is 0 Å². The molecular formula is C23H25ClI2NO3-. The van der Waals surface area contributed by atoms with E-state index in [1.807, 2.05) is 50.5 Å². The lowest BCUT2D eigenvalue weighted by Gasteiger charge is -2.14. The van der Waals surface area contributed by atoms with Crippen LogP contribution in [0.1, 0.15) is 41.4 Å². The molecule has 0 saturated carbocycles. The zero-order valence-corrected chi connectivity index (χ0v) is 22.4. The third-order valence-electron chi connectivity index (χ3n) is 4.70. The summed E-state index contributed by atoms with van der Waals surface area (Å²) in [5, 5.41) is 0.889. The normalized spacial score (nSPS) is 11.0. The van der Waals surface area contributed by atoms with E-state index < -0.39 is 0 Å². The minimum Gasteiger partial charge on any atom is -1.00 e. The molecule has 0 aliphatic rings. The third kappa shape index (κ3) is 5.89. The van der Waals surface area contributed by atoms with Crippen molar-refractivity contribution in [1.29, 1.82) is 0 Å². The molecule has 3 rings (SSSR count). The van der Waals surface area contributed by atoms with E-state index in [4.69, 9.17) is 9.15 Å². The first-order chi connectivity index (χ1) is 13.9. The zero-order valence-electron chi connectivity index (χ0n) is 17.3. The molecule has 3 aromatic rings. The van der Waals surface area contributed by atoms with Gasteiger partial charge in [0.15, 0.2) is 5.78 Å². The number of halogens is 3. The number of carbonyl (C=O) groups excluding carboxylic acids is 1. The van der Waals surface area contributed by atoms with Gasteiger partial charge in [0.05, 0.1) is 12.7 Å². The first kappa shape index (κ1) is 25.4. The summed E-state index contributed by atoms with van der Waals surface area (Å²) in [5.41, 5.74) is 2.14. The van der Waals surface area contributed by atoms with Crippen molar-refractivity contribution in [2.45, 2.75) is 26.2 Å². The number of nitrogens with zero attached hydrogens (tertiary/aromatic N) is 1. The van der Waals surface area contributed by atoms with Crippen LogP contribution in [0.5, 0.6) is 5.75 Å². The van der Waals surface area contributed by atoms with Crippen molar-refractivity contribution in [3.8, 4) is 5.75 Å². The van der Waals surface area contributed by atoms with E-state index in [1.54, 1.807) is 0 Å². The smallest absolute Gasteiger partial charge is 0.197 e. The van der Waals surface area contributed by atoms with Crippen molar-refractivity contribution in [3.63, 3.8) is 0 Å². The molecule has 7 heteroatoms. The Balaban J connectivity index is 0.00000320. The summed E-state index contributed by atoms with van der Waals surface area (Å²) in [6.45, 7) is 3.60. The monoisotopic (exact) mass is 652 g/mol. The number of benzene rings is 2. The number of hydrogen-bond acceptors (Lipinski definition) is 4. The lowest BCUT2D eigenvalue weighted by molar-refractivity contribution is -0.0000143. The van der Waals surface area contributed by atoms with Gasteiger partial charge >= 0.3 is 0 Å². The van der Waals surface area contributed by atoms with E-state index >= 15 is 0 Å². The highest BCUT2D eigenvalue weighted by molar-refractivity contribution is 14.1. The molecular weight excluding hydrogens is 628 g/mol. The molecule has 4 nitrogen and oxygen atoms in total. The summed E-state index contributed by atoms with van der Waals surface area (Å²) in [5.74, 6) is 1.64. The zero-order chi connectivity index (χ0) is 21.0. The number of fused-ring (bicyclic) bond motifs is 1. The molecule has 0 saturated heterocycles. The van der Waals surface area contributed by atoms with Gasteiger partial charge in [-0.15, -0.1) is 0 Å². The van der Waals surface area contributed by atoms with E-state index in [0.29, 0.717) is 17.7 Å². The van der Waals surface area contributed by atoms with Crippen molar-refractivity contribution in [2.75, 3.05) is 27.2 Å². The fourth-order valence-corrected chi connectivity index (χ4v) is 5.24. The van der Waals surface area contributed by atoms with Gasteiger partial charge < -0.3 is 26.5 Å². The first-order valence-electron chi connectivity index (χ1n) is 9.74. The molecule has 30 heavy (non-hydrogen) atoms. The molecule has 0 amide bonds. The van der Waals surface area contributed by atoms with Crippen LogP contribution in [0.2, 0.25) is 0 Å². The molecule has 0 spiro atoms. The van der Waals surface area contributed by atoms with Crippen LogP contribution in [-0.4, -0.2) is 37.9 Å². The van der Waals surface area contributed by atoms with Gasteiger partial charge in [-0.1, -0.05) is 31.5 Å². The van der Waals surface area contributed by atoms with Gasteiger partial charge in [0, 0.05) is 23.9 Å². The maximum absolute atomic E-state index is 13.5. The van der Waals surface area contributed by atoms with Crippen molar-refractivity contribution in [1.82, 2.24) is 4.90 Å². The number of rotatable bonds is 9. The summed E-state index contributed by atoms with van der Waals surface area (Å²) in [6.07, 6.45) is 2.82. The van der Waals surface area contributed by atoms with Crippen LogP contribution in [0, 0.1) is 7.14 Å². The Labute approximate surface area is 211 Å². The minimum absolute atomic E-state index is 0. The summed E-state index contributed by atoms with van der Waals surface area (Å²) < 4.78 is 13.9. The van der Waals surface area contributed by atoms with Gasteiger partial charge in [-0.05, 0) is 83.9 Å². The number of ether oxygens (including phenoxy) is 1. The fraction of sp³-hybridized carbons (Fsp3) is 0.348. The van der Waals surface area contributed by atoms with E-state index in [1.165, 1.54) is 0 Å². The van der Waals surface area contributed by atoms with Crippen molar-refractivity contribution >= 4 is 61.9 Å². The average molecular weight is 653 g/mol. The van der Waals surface area contributed by atoms with Crippen LogP contribution < -0.4 is 17.1 Å². The number of furan rings is 1. The highest BCUT2D eigenvalue weighted by Gasteiger charge is 2.23. The number of carbonyl (C=O) groups is 1. The Bertz CT molecular complexity index is 994. The molecule has 0 aliphatic heterocycles. The topological polar surface area (TPSA) is 42.7 Å². The predicted octanol–water partition coefficient (Wildman–Crippen LogP) is 3.16. The van der Waals surface area contributed by atoms with Crippen LogP contribution in [0.4, 0.5) is 0 Å². The minimum atomic E-state index is 0. The summed E-state index contributed by atoms with van der Waals surface area (Å²) in [7, 11) is 4.04. The second-order valence-electron chi connectivity index (χ2n) is 7.25. The first-order valence-corrected chi connectivity index (χ1v) is 11.9. The quantitative estimate of drug-likeness (QED) is 0.263. The number of ketones is 1. The number of likely N-dealkylation sites (N-methyl/N-ethyl adjacent to an activating group) is 1. The van der Waals surface area contributed by atoms with Gasteiger partial charge in [-0.3, -0.25) is 4.79 Å². The number of unbranched alkanes of at least 4 members (excludes halogenated alkanes) is 1. The van der Waals surface area contributed by atoms with E-state index in [-0.39, 0.29) is 18.2 Å². The third-order valence-corrected chi connectivity index (χ3v) is 6.30. The Morgan fingerprint density at radius 3 is 2.43 bits per heavy atom. The fourth-order valence-electron chi connectivity index (χ4n) is 3.16. The molecule has 1 heterocycles. The second kappa shape index (κ2) is 11.7.